The maximum absolute atomic E-state index is 5.48. The van der Waals surface area contributed by atoms with Crippen LogP contribution in [0.5, 0.6) is 0 Å². The molecule has 1 aromatic carbocycles. The second-order valence-corrected chi connectivity index (χ2v) is 4.40. The minimum absolute atomic E-state index is 0.384. The van der Waals surface area contributed by atoms with Crippen molar-refractivity contribution >= 4 is 15.9 Å². The minimum atomic E-state index is 0.384. The van der Waals surface area contributed by atoms with Crippen molar-refractivity contribution in [2.24, 2.45) is 5.84 Å². The number of nitrogens with one attached hydrogen (secondary N) is 1. The number of nitrogens with two attached hydrogens (primary N) is 1. The van der Waals surface area contributed by atoms with Gasteiger partial charge in [-0.15, -0.1) is 0 Å². The molecule has 0 saturated heterocycles. The first-order valence-corrected chi connectivity index (χ1v) is 5.76. The van der Waals surface area contributed by atoms with Crippen molar-refractivity contribution in [2.45, 2.75) is 32.2 Å². The summed E-state index contributed by atoms with van der Waals surface area (Å²) >= 11 is 3.46. The molecule has 0 radical (unpaired) electrons. The second-order valence-electron chi connectivity index (χ2n) is 3.49. The summed E-state index contributed by atoms with van der Waals surface area (Å²) in [5, 5.41) is 0. The van der Waals surface area contributed by atoms with Crippen LogP contribution in [0.3, 0.4) is 0 Å². The summed E-state index contributed by atoms with van der Waals surface area (Å²) in [6.07, 6.45) is 3.26. The molecule has 0 heterocycles. The molecule has 0 amide bonds. The number of benzene rings is 1. The van der Waals surface area contributed by atoms with Crippen molar-refractivity contribution in [3.63, 3.8) is 0 Å². The van der Waals surface area contributed by atoms with E-state index < -0.39 is 0 Å². The molecule has 0 aliphatic carbocycles. The molecule has 0 bridgehead atoms. The van der Waals surface area contributed by atoms with Crippen LogP contribution in [0.4, 0.5) is 0 Å². The third-order valence-corrected chi connectivity index (χ3v) is 2.74. The van der Waals surface area contributed by atoms with E-state index in [1.165, 1.54) is 5.56 Å². The molecule has 0 saturated carbocycles. The lowest BCUT2D eigenvalue weighted by Crippen LogP contribution is -2.36. The average molecular weight is 257 g/mol. The quantitative estimate of drug-likeness (QED) is 0.628. The molecule has 2 nitrogen and oxygen atoms in total. The summed E-state index contributed by atoms with van der Waals surface area (Å²) in [6.45, 7) is 2.17. The van der Waals surface area contributed by atoms with Gasteiger partial charge in [-0.25, -0.2) is 0 Å². The smallest absolute Gasteiger partial charge is 0.0250 e. The SMILES string of the molecule is CCCC(Cc1cccc(Br)c1)NN. The van der Waals surface area contributed by atoms with Gasteiger partial charge in [-0.05, 0) is 30.5 Å². The van der Waals surface area contributed by atoms with Gasteiger partial charge < -0.3 is 0 Å². The molecular formula is C11H17BrN2. The summed E-state index contributed by atoms with van der Waals surface area (Å²) < 4.78 is 1.13. The van der Waals surface area contributed by atoms with Crippen molar-refractivity contribution < 1.29 is 0 Å². The molecule has 0 aromatic heterocycles. The summed E-state index contributed by atoms with van der Waals surface area (Å²) in [4.78, 5) is 0. The fraction of sp³-hybridized carbons (Fsp3) is 0.455. The zero-order valence-electron chi connectivity index (χ0n) is 8.46. The molecule has 0 aliphatic rings. The van der Waals surface area contributed by atoms with Crippen molar-refractivity contribution in [1.29, 1.82) is 0 Å². The first-order chi connectivity index (χ1) is 6.76. The summed E-state index contributed by atoms with van der Waals surface area (Å²) in [7, 11) is 0. The Morgan fingerprint density at radius 3 is 2.86 bits per heavy atom. The highest BCUT2D eigenvalue weighted by Gasteiger charge is 2.06. The van der Waals surface area contributed by atoms with E-state index in [1.807, 2.05) is 6.07 Å². The largest absolute Gasteiger partial charge is 0.271 e. The highest BCUT2D eigenvalue weighted by atomic mass is 79.9. The van der Waals surface area contributed by atoms with E-state index >= 15 is 0 Å². The summed E-state index contributed by atoms with van der Waals surface area (Å²) in [5.41, 5.74) is 4.17. The molecule has 1 atom stereocenters. The van der Waals surface area contributed by atoms with Crippen molar-refractivity contribution in [2.75, 3.05) is 0 Å². The van der Waals surface area contributed by atoms with Gasteiger partial charge in [-0.2, -0.15) is 0 Å². The van der Waals surface area contributed by atoms with Gasteiger partial charge in [-0.1, -0.05) is 41.4 Å². The Morgan fingerprint density at radius 2 is 2.29 bits per heavy atom. The van der Waals surface area contributed by atoms with Crippen LogP contribution < -0.4 is 11.3 Å². The number of rotatable bonds is 5. The van der Waals surface area contributed by atoms with E-state index in [-0.39, 0.29) is 0 Å². The van der Waals surface area contributed by atoms with Gasteiger partial charge in [-0.3, -0.25) is 11.3 Å². The first-order valence-electron chi connectivity index (χ1n) is 4.96. The zero-order chi connectivity index (χ0) is 10.4. The topological polar surface area (TPSA) is 38.0 Å². The van der Waals surface area contributed by atoms with E-state index in [1.54, 1.807) is 0 Å². The third-order valence-electron chi connectivity index (χ3n) is 2.24. The molecular weight excluding hydrogens is 240 g/mol. The predicted molar refractivity (Wildman–Crippen MR) is 63.9 cm³/mol. The van der Waals surface area contributed by atoms with Crippen LogP contribution >= 0.6 is 15.9 Å². The first kappa shape index (κ1) is 11.7. The van der Waals surface area contributed by atoms with Gasteiger partial charge in [0.1, 0.15) is 0 Å². The van der Waals surface area contributed by atoms with Crippen LogP contribution in [0, 0.1) is 0 Å². The molecule has 78 valence electrons. The Hall–Kier alpha value is -0.380. The summed E-state index contributed by atoms with van der Waals surface area (Å²) in [6, 6.07) is 8.74. The fourth-order valence-corrected chi connectivity index (χ4v) is 1.99. The average Bonchev–Trinajstić information content (AvgIpc) is 2.17. The van der Waals surface area contributed by atoms with Crippen LogP contribution in [-0.4, -0.2) is 6.04 Å². The van der Waals surface area contributed by atoms with Crippen molar-refractivity contribution in [3.05, 3.63) is 34.3 Å². The van der Waals surface area contributed by atoms with E-state index in [4.69, 9.17) is 5.84 Å². The Balaban J connectivity index is 2.57. The van der Waals surface area contributed by atoms with Gasteiger partial charge in [0.15, 0.2) is 0 Å². The Bertz CT molecular complexity index is 276. The molecule has 1 unspecified atom stereocenters. The lowest BCUT2D eigenvalue weighted by Gasteiger charge is -2.14. The maximum atomic E-state index is 5.48. The highest BCUT2D eigenvalue weighted by molar-refractivity contribution is 9.10. The van der Waals surface area contributed by atoms with Gasteiger partial charge in [0, 0.05) is 10.5 Å². The normalized spacial score (nSPS) is 12.8. The zero-order valence-corrected chi connectivity index (χ0v) is 10.0. The third kappa shape index (κ3) is 3.78. The van der Waals surface area contributed by atoms with Gasteiger partial charge >= 0.3 is 0 Å². The molecule has 0 fully saturated rings. The van der Waals surface area contributed by atoms with Gasteiger partial charge in [0.2, 0.25) is 0 Å². The van der Waals surface area contributed by atoms with Crippen molar-refractivity contribution in [1.82, 2.24) is 5.43 Å². The molecule has 3 heteroatoms. The number of hydrogen-bond donors (Lipinski definition) is 2. The molecule has 1 rings (SSSR count). The van der Waals surface area contributed by atoms with Crippen LogP contribution in [0.15, 0.2) is 28.7 Å². The number of halogens is 1. The van der Waals surface area contributed by atoms with Crippen LogP contribution in [0.1, 0.15) is 25.3 Å². The van der Waals surface area contributed by atoms with E-state index in [9.17, 15) is 0 Å². The van der Waals surface area contributed by atoms with Gasteiger partial charge in [0.05, 0.1) is 0 Å². The van der Waals surface area contributed by atoms with Gasteiger partial charge in [0.25, 0.3) is 0 Å². The lowest BCUT2D eigenvalue weighted by molar-refractivity contribution is 0.486. The van der Waals surface area contributed by atoms with Crippen LogP contribution in [-0.2, 0) is 6.42 Å². The van der Waals surface area contributed by atoms with E-state index in [2.05, 4.69) is 46.5 Å². The Morgan fingerprint density at radius 1 is 1.50 bits per heavy atom. The fourth-order valence-electron chi connectivity index (χ4n) is 1.54. The second kappa shape index (κ2) is 6.17. The lowest BCUT2D eigenvalue weighted by atomic mass is 10.0. The van der Waals surface area contributed by atoms with E-state index in [0.29, 0.717) is 6.04 Å². The minimum Gasteiger partial charge on any atom is -0.271 e. The Labute approximate surface area is 94.0 Å². The van der Waals surface area contributed by atoms with Crippen LogP contribution in [0.25, 0.3) is 0 Å². The molecule has 14 heavy (non-hydrogen) atoms. The highest BCUT2D eigenvalue weighted by Crippen LogP contribution is 2.14. The number of hydrazine groups is 1. The Kier molecular flexibility index (Phi) is 5.15. The summed E-state index contributed by atoms with van der Waals surface area (Å²) in [5.74, 6) is 5.48. The van der Waals surface area contributed by atoms with Crippen molar-refractivity contribution in [3.8, 4) is 0 Å². The molecule has 0 aliphatic heterocycles. The molecule has 0 spiro atoms. The maximum Gasteiger partial charge on any atom is 0.0250 e. The van der Waals surface area contributed by atoms with Crippen LogP contribution in [0.2, 0.25) is 0 Å². The molecule has 3 N–H and O–H groups in total. The standard InChI is InChI=1S/C11H17BrN2/c1-2-4-11(14-13)8-9-5-3-6-10(12)7-9/h3,5-7,11,14H,2,4,8,13H2,1H3. The molecule has 1 aromatic rings. The predicted octanol–water partition coefficient (Wildman–Crippen LogP) is 2.62. The van der Waals surface area contributed by atoms with E-state index in [0.717, 1.165) is 23.7 Å². The monoisotopic (exact) mass is 256 g/mol. The number of hydrogen-bond acceptors (Lipinski definition) is 2.